The highest BCUT2D eigenvalue weighted by atomic mass is 16.5. The molecule has 0 aliphatic rings. The Balaban J connectivity index is 2.32. The average molecular weight is 405 g/mol. The number of rotatable bonds is 15. The first-order valence-corrected chi connectivity index (χ1v) is 11.2. The van der Waals surface area contributed by atoms with Gasteiger partial charge in [0.05, 0.1) is 12.0 Å². The lowest BCUT2D eigenvalue weighted by Gasteiger charge is -2.36. The molecule has 0 heterocycles. The Morgan fingerprint density at radius 3 is 1.83 bits per heavy atom. The van der Waals surface area contributed by atoms with E-state index in [9.17, 15) is 14.7 Å². The van der Waals surface area contributed by atoms with Crippen molar-refractivity contribution in [1.82, 2.24) is 0 Å². The van der Waals surface area contributed by atoms with E-state index in [1.165, 1.54) is 51.9 Å². The van der Waals surface area contributed by atoms with Crippen molar-refractivity contribution in [3.63, 3.8) is 0 Å². The van der Waals surface area contributed by atoms with Gasteiger partial charge in [-0.05, 0) is 27.2 Å². The summed E-state index contributed by atoms with van der Waals surface area (Å²) in [6, 6.07) is 8.56. The maximum absolute atomic E-state index is 12.7. The molecule has 0 radical (unpaired) electrons. The van der Waals surface area contributed by atoms with Crippen LogP contribution in [0.5, 0.6) is 0 Å². The fraction of sp³-hybridized carbons (Fsp3) is 0.680. The van der Waals surface area contributed by atoms with E-state index in [0.717, 1.165) is 19.3 Å². The molecule has 1 aromatic carbocycles. The number of hydrogen-bond acceptors (Lipinski definition) is 4. The van der Waals surface area contributed by atoms with Crippen molar-refractivity contribution in [3.8, 4) is 0 Å². The van der Waals surface area contributed by atoms with Crippen LogP contribution in [0.25, 0.3) is 0 Å². The van der Waals surface area contributed by atoms with Crippen LogP contribution in [0, 0.1) is 5.41 Å². The van der Waals surface area contributed by atoms with Crippen LogP contribution in [-0.2, 0) is 9.53 Å². The molecule has 0 bridgehead atoms. The number of benzene rings is 1. The largest absolute Gasteiger partial charge is 0.465 e. The highest BCUT2D eigenvalue weighted by Crippen LogP contribution is 2.35. The maximum atomic E-state index is 12.7. The van der Waals surface area contributed by atoms with E-state index in [1.807, 2.05) is 0 Å². The van der Waals surface area contributed by atoms with Crippen molar-refractivity contribution in [3.05, 3.63) is 35.9 Å². The molecule has 1 aromatic rings. The lowest BCUT2D eigenvalue weighted by molar-refractivity contribution is -0.165. The molecule has 0 aromatic heterocycles. The van der Waals surface area contributed by atoms with Gasteiger partial charge >= 0.3 is 5.97 Å². The van der Waals surface area contributed by atoms with Gasteiger partial charge < -0.3 is 9.84 Å². The van der Waals surface area contributed by atoms with Crippen molar-refractivity contribution in [2.24, 2.45) is 5.41 Å². The van der Waals surface area contributed by atoms with Crippen LogP contribution >= 0.6 is 0 Å². The molecule has 4 heteroatoms. The number of carbonyl (C=O) groups is 2. The van der Waals surface area contributed by atoms with Gasteiger partial charge in [0.2, 0.25) is 0 Å². The van der Waals surface area contributed by atoms with Crippen LogP contribution in [0.4, 0.5) is 0 Å². The van der Waals surface area contributed by atoms with Crippen molar-refractivity contribution in [1.29, 1.82) is 0 Å². The van der Waals surface area contributed by atoms with Crippen LogP contribution < -0.4 is 0 Å². The van der Waals surface area contributed by atoms with Crippen molar-refractivity contribution < 1.29 is 19.4 Å². The minimum absolute atomic E-state index is 0.328. The predicted molar refractivity (Wildman–Crippen MR) is 118 cm³/mol. The molecule has 0 aliphatic heterocycles. The van der Waals surface area contributed by atoms with Crippen LogP contribution in [0.3, 0.4) is 0 Å². The Kier molecular flexibility index (Phi) is 11.2. The van der Waals surface area contributed by atoms with Gasteiger partial charge in [-0.25, -0.2) is 0 Å². The molecule has 4 nitrogen and oxygen atoms in total. The highest BCUT2D eigenvalue weighted by molar-refractivity contribution is 6.05. The quantitative estimate of drug-likeness (QED) is 0.218. The molecule has 29 heavy (non-hydrogen) atoms. The van der Waals surface area contributed by atoms with Gasteiger partial charge in [-0.3, -0.25) is 9.59 Å². The zero-order chi connectivity index (χ0) is 21.8. The first-order valence-electron chi connectivity index (χ1n) is 11.2. The summed E-state index contributed by atoms with van der Waals surface area (Å²) in [4.78, 5) is 25.3. The fourth-order valence-electron chi connectivity index (χ4n) is 3.29. The number of esters is 1. The van der Waals surface area contributed by atoms with Crippen molar-refractivity contribution in [2.45, 2.75) is 97.5 Å². The number of hydrogen-bond donors (Lipinski definition) is 1. The Labute approximate surface area is 177 Å². The molecule has 0 saturated heterocycles. The van der Waals surface area contributed by atoms with E-state index in [4.69, 9.17) is 4.74 Å². The summed E-state index contributed by atoms with van der Waals surface area (Å²) in [5.74, 6) is -1.01. The zero-order valence-electron chi connectivity index (χ0n) is 18.8. The van der Waals surface area contributed by atoms with Gasteiger partial charge in [0.15, 0.2) is 5.78 Å². The summed E-state index contributed by atoms with van der Waals surface area (Å²) in [6.07, 6.45) is 12.1. The minimum atomic E-state index is -1.84. The van der Waals surface area contributed by atoms with Gasteiger partial charge in [-0.1, -0.05) is 95.0 Å². The predicted octanol–water partition coefficient (Wildman–Crippen LogP) is 6.11. The van der Waals surface area contributed by atoms with Gasteiger partial charge in [0.25, 0.3) is 0 Å². The second-order valence-corrected chi connectivity index (χ2v) is 8.71. The van der Waals surface area contributed by atoms with E-state index in [0.29, 0.717) is 12.2 Å². The van der Waals surface area contributed by atoms with E-state index in [2.05, 4.69) is 6.92 Å². The van der Waals surface area contributed by atoms with Crippen molar-refractivity contribution >= 4 is 11.8 Å². The molecule has 0 saturated carbocycles. The van der Waals surface area contributed by atoms with Gasteiger partial charge in [0.1, 0.15) is 5.60 Å². The fourth-order valence-corrected chi connectivity index (χ4v) is 3.29. The molecule has 1 unspecified atom stereocenters. The minimum Gasteiger partial charge on any atom is -0.465 e. The number of Topliss-reactive ketones (excluding diaryl/α,β-unsaturated/α-hetero) is 1. The summed E-state index contributed by atoms with van der Waals surface area (Å²) in [5, 5.41) is 10.9. The molecular formula is C25H40O4. The zero-order valence-corrected chi connectivity index (χ0v) is 18.8. The number of unbranched alkanes of at least 4 members (excludes halogenated alkanes) is 9. The molecule has 1 N–H and O–H groups in total. The first-order chi connectivity index (χ1) is 13.7. The summed E-state index contributed by atoms with van der Waals surface area (Å²) in [5.41, 5.74) is -2.80. The second-order valence-electron chi connectivity index (χ2n) is 8.71. The summed E-state index contributed by atoms with van der Waals surface area (Å²) in [6.45, 7) is 7.08. The van der Waals surface area contributed by atoms with Crippen LogP contribution in [0.15, 0.2) is 30.3 Å². The normalized spacial score (nSPS) is 13.7. The van der Waals surface area contributed by atoms with E-state index >= 15 is 0 Å². The van der Waals surface area contributed by atoms with Crippen LogP contribution in [0.1, 0.15) is 102 Å². The third-order valence-corrected chi connectivity index (χ3v) is 5.94. The summed E-state index contributed by atoms with van der Waals surface area (Å²) < 4.78 is 5.40. The Morgan fingerprint density at radius 1 is 0.828 bits per heavy atom. The van der Waals surface area contributed by atoms with Gasteiger partial charge in [-0.2, -0.15) is 0 Å². The monoisotopic (exact) mass is 404 g/mol. The Hall–Kier alpha value is -1.68. The molecule has 1 atom stereocenters. The maximum Gasteiger partial charge on any atom is 0.314 e. The van der Waals surface area contributed by atoms with E-state index < -0.39 is 22.8 Å². The third-order valence-electron chi connectivity index (χ3n) is 5.94. The molecule has 0 fully saturated rings. The van der Waals surface area contributed by atoms with E-state index in [1.54, 1.807) is 44.2 Å². The molecule has 164 valence electrons. The average Bonchev–Trinajstić information content (AvgIpc) is 2.71. The number of ketones is 1. The third kappa shape index (κ3) is 7.93. The number of carbonyl (C=O) groups excluding carboxylic acids is 2. The van der Waals surface area contributed by atoms with Crippen LogP contribution in [-0.4, -0.2) is 29.1 Å². The highest BCUT2D eigenvalue weighted by Gasteiger charge is 2.51. The Bertz CT molecular complexity index is 605. The second kappa shape index (κ2) is 12.8. The van der Waals surface area contributed by atoms with Gasteiger partial charge in [-0.15, -0.1) is 0 Å². The molecule has 0 spiro atoms. The summed E-state index contributed by atoms with van der Waals surface area (Å²) in [7, 11) is 0. The number of ether oxygens (including phenoxy) is 1. The molecule has 1 rings (SSSR count). The van der Waals surface area contributed by atoms with Crippen LogP contribution in [0.2, 0.25) is 0 Å². The number of aliphatic hydroxyl groups is 1. The Morgan fingerprint density at radius 2 is 1.31 bits per heavy atom. The topological polar surface area (TPSA) is 63.6 Å². The molecule has 0 aliphatic carbocycles. The molecular weight excluding hydrogens is 364 g/mol. The van der Waals surface area contributed by atoms with E-state index in [-0.39, 0.29) is 0 Å². The van der Waals surface area contributed by atoms with Gasteiger partial charge in [0, 0.05) is 5.56 Å². The van der Waals surface area contributed by atoms with Crippen molar-refractivity contribution in [2.75, 3.05) is 6.61 Å². The standard InChI is InChI=1S/C25H40O4/c1-5-6-7-8-9-10-11-12-13-17-20-29-23(27)24(2,3)25(4,28)22(26)21-18-15-14-16-19-21/h14-16,18-19,28H,5-13,17,20H2,1-4H3. The molecule has 0 amide bonds. The lowest BCUT2D eigenvalue weighted by atomic mass is 9.72. The smallest absolute Gasteiger partial charge is 0.314 e. The first kappa shape index (κ1) is 25.4. The lowest BCUT2D eigenvalue weighted by Crippen LogP contribution is -2.53. The summed E-state index contributed by atoms with van der Waals surface area (Å²) >= 11 is 0. The SMILES string of the molecule is CCCCCCCCCCCCOC(=O)C(C)(C)C(C)(O)C(=O)c1ccccc1.